The number of para-hydroxylation sites is 1. The molecule has 2 aromatic carbocycles. The summed E-state index contributed by atoms with van der Waals surface area (Å²) in [6.07, 6.45) is 3.57. The molecule has 0 amide bonds. The summed E-state index contributed by atoms with van der Waals surface area (Å²) in [5.41, 5.74) is 5.03. The Morgan fingerprint density at radius 1 is 0.955 bits per heavy atom. The van der Waals surface area contributed by atoms with E-state index in [2.05, 4.69) is 62.5 Å². The molecular weight excluding hydrogens is 270 g/mol. The Balaban J connectivity index is 1.99. The fourth-order valence-electron chi connectivity index (χ4n) is 2.46. The van der Waals surface area contributed by atoms with Crippen LogP contribution in [0.15, 0.2) is 42.5 Å². The Bertz CT molecular complexity index is 592. The van der Waals surface area contributed by atoms with E-state index < -0.39 is 0 Å². The molecule has 0 saturated heterocycles. The first-order valence-electron chi connectivity index (χ1n) is 8.23. The Morgan fingerprint density at radius 2 is 1.77 bits per heavy atom. The Hall–Kier alpha value is -1.96. The molecule has 0 bridgehead atoms. The first kappa shape index (κ1) is 16.4. The lowest BCUT2D eigenvalue weighted by atomic mass is 10.1. The maximum atomic E-state index is 5.94. The minimum absolute atomic E-state index is 0.786. The molecule has 0 heterocycles. The van der Waals surface area contributed by atoms with Crippen LogP contribution >= 0.6 is 0 Å². The van der Waals surface area contributed by atoms with Crippen LogP contribution in [0.2, 0.25) is 0 Å². The summed E-state index contributed by atoms with van der Waals surface area (Å²) >= 11 is 0. The van der Waals surface area contributed by atoms with Gasteiger partial charge in [-0.3, -0.25) is 0 Å². The highest BCUT2D eigenvalue weighted by atomic mass is 16.5. The van der Waals surface area contributed by atoms with Gasteiger partial charge in [0.1, 0.15) is 5.75 Å². The van der Waals surface area contributed by atoms with Crippen LogP contribution in [0.5, 0.6) is 5.75 Å². The van der Waals surface area contributed by atoms with Crippen molar-refractivity contribution in [3.8, 4) is 5.75 Å². The van der Waals surface area contributed by atoms with Gasteiger partial charge in [-0.25, -0.2) is 0 Å². The van der Waals surface area contributed by atoms with Gasteiger partial charge >= 0.3 is 0 Å². The number of unbranched alkanes of at least 4 members (excludes halogenated alkanes) is 2. The average Bonchev–Trinajstić information content (AvgIpc) is 2.54. The van der Waals surface area contributed by atoms with Crippen molar-refractivity contribution in [2.24, 2.45) is 0 Å². The molecule has 0 atom stereocenters. The number of hydrogen-bond acceptors (Lipinski definition) is 2. The van der Waals surface area contributed by atoms with Crippen LogP contribution < -0.4 is 10.1 Å². The summed E-state index contributed by atoms with van der Waals surface area (Å²) < 4.78 is 5.94. The third-order valence-electron chi connectivity index (χ3n) is 4.05. The molecule has 1 N–H and O–H groups in total. The predicted octanol–water partition coefficient (Wildman–Crippen LogP) is 5.48. The molecular formula is C20H27NO. The zero-order chi connectivity index (χ0) is 15.8. The molecule has 0 fully saturated rings. The van der Waals surface area contributed by atoms with Crippen molar-refractivity contribution in [2.75, 3.05) is 11.9 Å². The van der Waals surface area contributed by atoms with E-state index >= 15 is 0 Å². The van der Waals surface area contributed by atoms with E-state index in [1.165, 1.54) is 35.2 Å². The van der Waals surface area contributed by atoms with Crippen LogP contribution in [0, 0.1) is 13.8 Å². The minimum atomic E-state index is 0.786. The van der Waals surface area contributed by atoms with Gasteiger partial charge in [0.15, 0.2) is 0 Å². The summed E-state index contributed by atoms with van der Waals surface area (Å²) in [5, 5.41) is 3.53. The number of anilines is 1. The summed E-state index contributed by atoms with van der Waals surface area (Å²) in [6, 6.07) is 14.7. The third kappa shape index (κ3) is 4.52. The van der Waals surface area contributed by atoms with Crippen molar-refractivity contribution in [3.05, 3.63) is 59.2 Å². The van der Waals surface area contributed by atoms with Crippen molar-refractivity contribution < 1.29 is 4.74 Å². The molecule has 0 aliphatic rings. The lowest BCUT2D eigenvalue weighted by Crippen LogP contribution is -2.05. The van der Waals surface area contributed by atoms with E-state index in [4.69, 9.17) is 4.74 Å². The van der Waals surface area contributed by atoms with Gasteiger partial charge in [-0.05, 0) is 43.5 Å². The smallest absolute Gasteiger partial charge is 0.124 e. The fourth-order valence-corrected chi connectivity index (χ4v) is 2.46. The van der Waals surface area contributed by atoms with Crippen LogP contribution in [0.3, 0.4) is 0 Å². The SMILES string of the molecule is CCCCCOc1ccccc1CNc1cccc(C)c1C. The largest absolute Gasteiger partial charge is 0.493 e. The Labute approximate surface area is 134 Å². The number of aryl methyl sites for hydroxylation is 1. The van der Waals surface area contributed by atoms with Gasteiger partial charge in [0, 0.05) is 17.8 Å². The molecule has 0 radical (unpaired) electrons. The monoisotopic (exact) mass is 297 g/mol. The summed E-state index contributed by atoms with van der Waals surface area (Å²) in [7, 11) is 0. The zero-order valence-electron chi connectivity index (χ0n) is 14.0. The van der Waals surface area contributed by atoms with Crippen LogP contribution in [0.25, 0.3) is 0 Å². The van der Waals surface area contributed by atoms with E-state index in [1.807, 2.05) is 6.07 Å². The highest BCUT2D eigenvalue weighted by Gasteiger charge is 2.05. The molecule has 0 spiro atoms. The fraction of sp³-hybridized carbons (Fsp3) is 0.400. The molecule has 2 rings (SSSR count). The quantitative estimate of drug-likeness (QED) is 0.651. The summed E-state index contributed by atoms with van der Waals surface area (Å²) in [4.78, 5) is 0. The van der Waals surface area contributed by atoms with Crippen molar-refractivity contribution in [3.63, 3.8) is 0 Å². The first-order chi connectivity index (χ1) is 10.7. The second-order valence-electron chi connectivity index (χ2n) is 5.76. The van der Waals surface area contributed by atoms with Gasteiger partial charge in [-0.15, -0.1) is 0 Å². The minimum Gasteiger partial charge on any atom is -0.493 e. The van der Waals surface area contributed by atoms with Gasteiger partial charge in [0.2, 0.25) is 0 Å². The second-order valence-corrected chi connectivity index (χ2v) is 5.76. The van der Waals surface area contributed by atoms with Crippen LogP contribution in [-0.2, 0) is 6.54 Å². The van der Waals surface area contributed by atoms with Crippen molar-refractivity contribution in [1.29, 1.82) is 0 Å². The van der Waals surface area contributed by atoms with E-state index in [0.717, 1.165) is 25.3 Å². The van der Waals surface area contributed by atoms with Crippen molar-refractivity contribution >= 4 is 5.69 Å². The van der Waals surface area contributed by atoms with Gasteiger partial charge in [0.25, 0.3) is 0 Å². The molecule has 2 nitrogen and oxygen atoms in total. The standard InChI is InChI=1S/C20H27NO/c1-4-5-8-14-22-20-13-7-6-11-18(20)15-21-19-12-9-10-16(2)17(19)3/h6-7,9-13,21H,4-5,8,14-15H2,1-3H3. The van der Waals surface area contributed by atoms with Gasteiger partial charge in [-0.1, -0.05) is 50.1 Å². The summed E-state index contributed by atoms with van der Waals surface area (Å²) in [5.74, 6) is 0.997. The van der Waals surface area contributed by atoms with Gasteiger partial charge in [0.05, 0.1) is 6.61 Å². The molecule has 0 unspecified atom stereocenters. The first-order valence-corrected chi connectivity index (χ1v) is 8.23. The van der Waals surface area contributed by atoms with Crippen LogP contribution in [-0.4, -0.2) is 6.61 Å². The normalized spacial score (nSPS) is 10.5. The molecule has 0 aliphatic carbocycles. The predicted molar refractivity (Wildman–Crippen MR) is 94.7 cm³/mol. The number of nitrogens with one attached hydrogen (secondary N) is 1. The van der Waals surface area contributed by atoms with Crippen molar-refractivity contribution in [2.45, 2.75) is 46.6 Å². The Morgan fingerprint density at radius 3 is 2.59 bits per heavy atom. The number of benzene rings is 2. The highest BCUT2D eigenvalue weighted by molar-refractivity contribution is 5.54. The molecule has 0 aliphatic heterocycles. The molecule has 2 heteroatoms. The third-order valence-corrected chi connectivity index (χ3v) is 4.05. The number of ether oxygens (including phenoxy) is 1. The molecule has 2 aromatic rings. The average molecular weight is 297 g/mol. The molecule has 0 saturated carbocycles. The zero-order valence-corrected chi connectivity index (χ0v) is 14.0. The van der Waals surface area contributed by atoms with Gasteiger partial charge < -0.3 is 10.1 Å². The second kappa shape index (κ2) is 8.47. The maximum absolute atomic E-state index is 5.94. The maximum Gasteiger partial charge on any atom is 0.124 e. The lowest BCUT2D eigenvalue weighted by molar-refractivity contribution is 0.303. The van der Waals surface area contributed by atoms with Gasteiger partial charge in [-0.2, -0.15) is 0 Å². The highest BCUT2D eigenvalue weighted by Crippen LogP contribution is 2.22. The van der Waals surface area contributed by atoms with E-state index in [9.17, 15) is 0 Å². The topological polar surface area (TPSA) is 21.3 Å². The van der Waals surface area contributed by atoms with E-state index in [-0.39, 0.29) is 0 Å². The van der Waals surface area contributed by atoms with E-state index in [0.29, 0.717) is 0 Å². The van der Waals surface area contributed by atoms with Crippen LogP contribution in [0.4, 0.5) is 5.69 Å². The summed E-state index contributed by atoms with van der Waals surface area (Å²) in [6.45, 7) is 8.10. The molecule has 22 heavy (non-hydrogen) atoms. The van der Waals surface area contributed by atoms with Crippen LogP contribution in [0.1, 0.15) is 42.9 Å². The lowest BCUT2D eigenvalue weighted by Gasteiger charge is -2.14. The molecule has 0 aromatic heterocycles. The molecule has 118 valence electrons. The number of hydrogen-bond donors (Lipinski definition) is 1. The Kier molecular flexibility index (Phi) is 6.32. The van der Waals surface area contributed by atoms with Crippen molar-refractivity contribution in [1.82, 2.24) is 0 Å². The number of rotatable bonds is 8. The van der Waals surface area contributed by atoms with E-state index in [1.54, 1.807) is 0 Å².